The van der Waals surface area contributed by atoms with E-state index in [9.17, 15) is 4.79 Å². The van der Waals surface area contributed by atoms with Crippen LogP contribution in [0.15, 0.2) is 84.0 Å². The molecule has 5 nitrogen and oxygen atoms in total. The second-order valence-corrected chi connectivity index (χ2v) is 9.74. The normalized spacial score (nSPS) is 11.0. The second-order valence-electron chi connectivity index (χ2n) is 7.42. The molecule has 7 heteroatoms. The first-order valence-corrected chi connectivity index (χ1v) is 12.5. The number of carbonyl (C=O) groups is 1. The van der Waals surface area contributed by atoms with Crippen LogP contribution in [0.4, 0.5) is 5.69 Å². The standard InChI is InChI=1S/C26H22I2N4O/c1-17-8-13-24(19-6-4-3-5-7-19)32(17)21-11-9-20(10-12-21)26(33)31-30-16-18-14-22(27)25(29-2)23(28)15-18/h3-16,29H,1-2H3,(H,31,33)/b30-16+. The number of anilines is 1. The number of aryl methyl sites for hydroxylation is 1. The molecule has 0 spiro atoms. The van der Waals surface area contributed by atoms with Gasteiger partial charge < -0.3 is 9.88 Å². The minimum atomic E-state index is -0.249. The van der Waals surface area contributed by atoms with Crippen LogP contribution in [-0.2, 0) is 0 Å². The van der Waals surface area contributed by atoms with Crippen molar-refractivity contribution in [2.75, 3.05) is 12.4 Å². The summed E-state index contributed by atoms with van der Waals surface area (Å²) in [4.78, 5) is 12.6. The highest BCUT2D eigenvalue weighted by atomic mass is 127. The highest BCUT2D eigenvalue weighted by Crippen LogP contribution is 2.27. The summed E-state index contributed by atoms with van der Waals surface area (Å²) < 4.78 is 4.38. The number of hydrogen-bond acceptors (Lipinski definition) is 3. The maximum absolute atomic E-state index is 12.6. The number of amides is 1. The van der Waals surface area contributed by atoms with Gasteiger partial charge >= 0.3 is 0 Å². The molecule has 2 N–H and O–H groups in total. The van der Waals surface area contributed by atoms with E-state index in [2.05, 4.69) is 96.8 Å². The summed E-state index contributed by atoms with van der Waals surface area (Å²) in [7, 11) is 1.90. The van der Waals surface area contributed by atoms with Crippen molar-refractivity contribution in [1.82, 2.24) is 9.99 Å². The summed E-state index contributed by atoms with van der Waals surface area (Å²) >= 11 is 4.57. The van der Waals surface area contributed by atoms with Crippen LogP contribution in [0.25, 0.3) is 16.9 Å². The van der Waals surface area contributed by atoms with Gasteiger partial charge in [-0.15, -0.1) is 0 Å². The van der Waals surface area contributed by atoms with E-state index in [-0.39, 0.29) is 5.91 Å². The Labute approximate surface area is 220 Å². The number of benzene rings is 3. The monoisotopic (exact) mass is 660 g/mol. The van der Waals surface area contributed by atoms with Gasteiger partial charge in [-0.1, -0.05) is 30.3 Å². The molecule has 0 fully saturated rings. The van der Waals surface area contributed by atoms with Crippen molar-refractivity contribution in [2.45, 2.75) is 6.92 Å². The first-order valence-electron chi connectivity index (χ1n) is 10.3. The molecular weight excluding hydrogens is 638 g/mol. The van der Waals surface area contributed by atoms with Gasteiger partial charge in [0.1, 0.15) is 0 Å². The molecule has 0 aliphatic rings. The maximum Gasteiger partial charge on any atom is 0.271 e. The summed E-state index contributed by atoms with van der Waals surface area (Å²) in [6.07, 6.45) is 1.66. The number of carbonyl (C=O) groups excluding carboxylic acids is 1. The smallest absolute Gasteiger partial charge is 0.271 e. The van der Waals surface area contributed by atoms with Gasteiger partial charge in [-0.25, -0.2) is 5.43 Å². The zero-order valence-corrected chi connectivity index (χ0v) is 22.5. The highest BCUT2D eigenvalue weighted by Gasteiger charge is 2.11. The summed E-state index contributed by atoms with van der Waals surface area (Å²) in [5.74, 6) is -0.249. The lowest BCUT2D eigenvalue weighted by molar-refractivity contribution is 0.0955. The number of nitrogens with zero attached hydrogens (tertiary/aromatic N) is 2. The van der Waals surface area contributed by atoms with Crippen molar-refractivity contribution in [3.8, 4) is 16.9 Å². The first-order chi connectivity index (χ1) is 16.0. The third-order valence-electron chi connectivity index (χ3n) is 5.23. The third-order valence-corrected chi connectivity index (χ3v) is 6.93. The summed E-state index contributed by atoms with van der Waals surface area (Å²) in [5.41, 5.74) is 9.58. The van der Waals surface area contributed by atoms with Crippen LogP contribution in [0.3, 0.4) is 0 Å². The van der Waals surface area contributed by atoms with Crippen molar-refractivity contribution >= 4 is 63.0 Å². The molecule has 166 valence electrons. The lowest BCUT2D eigenvalue weighted by Crippen LogP contribution is -2.17. The summed E-state index contributed by atoms with van der Waals surface area (Å²) in [6.45, 7) is 2.08. The lowest BCUT2D eigenvalue weighted by Gasteiger charge is -2.12. The van der Waals surface area contributed by atoms with E-state index in [0.29, 0.717) is 5.56 Å². The molecule has 33 heavy (non-hydrogen) atoms. The fourth-order valence-corrected chi connectivity index (χ4v) is 5.97. The third kappa shape index (κ3) is 5.30. The van der Waals surface area contributed by atoms with Crippen molar-refractivity contribution in [2.24, 2.45) is 5.10 Å². The molecule has 1 heterocycles. The predicted octanol–water partition coefficient (Wildman–Crippen LogP) is 6.47. The second kappa shape index (κ2) is 10.5. The number of aromatic nitrogens is 1. The molecule has 0 atom stereocenters. The molecule has 3 aromatic carbocycles. The van der Waals surface area contributed by atoms with E-state index in [0.717, 1.165) is 41.0 Å². The molecule has 0 radical (unpaired) electrons. The molecule has 4 aromatic rings. The van der Waals surface area contributed by atoms with E-state index in [1.54, 1.807) is 6.21 Å². The number of hydrazone groups is 1. The summed E-state index contributed by atoms with van der Waals surface area (Å²) in [6, 6.07) is 26.1. The van der Waals surface area contributed by atoms with E-state index < -0.39 is 0 Å². The molecule has 0 saturated carbocycles. The van der Waals surface area contributed by atoms with Gasteiger partial charge in [0.15, 0.2) is 0 Å². The van der Waals surface area contributed by atoms with Crippen LogP contribution >= 0.6 is 45.2 Å². The Morgan fingerprint density at radius 2 is 1.61 bits per heavy atom. The van der Waals surface area contributed by atoms with E-state index in [1.165, 1.54) is 0 Å². The van der Waals surface area contributed by atoms with Crippen LogP contribution in [-0.4, -0.2) is 23.7 Å². The Balaban J connectivity index is 1.49. The first kappa shape index (κ1) is 23.5. The Kier molecular flexibility index (Phi) is 7.49. The van der Waals surface area contributed by atoms with Crippen molar-refractivity contribution < 1.29 is 4.79 Å². The van der Waals surface area contributed by atoms with E-state index in [4.69, 9.17) is 0 Å². The molecule has 0 unspecified atom stereocenters. The van der Waals surface area contributed by atoms with Crippen molar-refractivity contribution in [3.05, 3.63) is 103 Å². The quantitative estimate of drug-likeness (QED) is 0.142. The molecule has 1 aromatic heterocycles. The topological polar surface area (TPSA) is 58.4 Å². The van der Waals surface area contributed by atoms with Crippen LogP contribution in [0.1, 0.15) is 21.6 Å². The fraction of sp³-hybridized carbons (Fsp3) is 0.0769. The number of hydrogen-bond donors (Lipinski definition) is 2. The van der Waals surface area contributed by atoms with E-state index in [1.807, 2.05) is 61.6 Å². The molecule has 1 amide bonds. The number of rotatable bonds is 6. The minimum absolute atomic E-state index is 0.249. The Hall–Kier alpha value is -2.66. The molecule has 0 aliphatic carbocycles. The molecule has 0 saturated heterocycles. The maximum atomic E-state index is 12.6. The number of nitrogens with one attached hydrogen (secondary N) is 2. The van der Waals surface area contributed by atoms with Crippen LogP contribution in [0.2, 0.25) is 0 Å². The number of halogens is 2. The Morgan fingerprint density at radius 1 is 0.939 bits per heavy atom. The predicted molar refractivity (Wildman–Crippen MR) is 152 cm³/mol. The Bertz CT molecular complexity index is 1290. The van der Waals surface area contributed by atoms with Gasteiger partial charge in [0.25, 0.3) is 5.91 Å². The zero-order chi connectivity index (χ0) is 23.4. The van der Waals surface area contributed by atoms with Gasteiger partial charge in [0.2, 0.25) is 0 Å². The fourth-order valence-electron chi connectivity index (χ4n) is 3.61. The lowest BCUT2D eigenvalue weighted by atomic mass is 10.1. The largest absolute Gasteiger partial charge is 0.386 e. The van der Waals surface area contributed by atoms with Crippen molar-refractivity contribution in [1.29, 1.82) is 0 Å². The molecule has 0 aliphatic heterocycles. The Morgan fingerprint density at radius 3 is 2.24 bits per heavy atom. The van der Waals surface area contributed by atoms with Gasteiger partial charge in [-0.3, -0.25) is 4.79 Å². The van der Waals surface area contributed by atoms with Crippen LogP contribution in [0.5, 0.6) is 0 Å². The van der Waals surface area contributed by atoms with Gasteiger partial charge in [-0.05, 0) is 112 Å². The summed E-state index contributed by atoms with van der Waals surface area (Å²) in [5, 5.41) is 7.33. The zero-order valence-electron chi connectivity index (χ0n) is 18.1. The van der Waals surface area contributed by atoms with Crippen LogP contribution in [0, 0.1) is 14.1 Å². The van der Waals surface area contributed by atoms with Crippen LogP contribution < -0.4 is 10.7 Å². The highest BCUT2D eigenvalue weighted by molar-refractivity contribution is 14.1. The molecular formula is C26H22I2N4O. The minimum Gasteiger partial charge on any atom is -0.386 e. The average molecular weight is 660 g/mol. The molecule has 4 rings (SSSR count). The van der Waals surface area contributed by atoms with Gasteiger partial charge in [0.05, 0.1) is 17.6 Å². The SMILES string of the molecule is CNc1c(I)cc(/C=N/NC(=O)c2ccc(-n3c(C)ccc3-c3ccccc3)cc2)cc1I. The van der Waals surface area contributed by atoms with Gasteiger partial charge in [0, 0.05) is 31.1 Å². The average Bonchev–Trinajstić information content (AvgIpc) is 3.21. The van der Waals surface area contributed by atoms with Crippen molar-refractivity contribution in [3.63, 3.8) is 0 Å². The molecule has 0 bridgehead atoms. The van der Waals surface area contributed by atoms with Gasteiger partial charge in [-0.2, -0.15) is 5.10 Å². The van der Waals surface area contributed by atoms with E-state index >= 15 is 0 Å².